The van der Waals surface area contributed by atoms with Crippen LogP contribution < -0.4 is 10.2 Å². The first kappa shape index (κ1) is 9.92. The van der Waals surface area contributed by atoms with Gasteiger partial charge in [-0.2, -0.15) is 0 Å². The first-order valence-corrected chi connectivity index (χ1v) is 4.53. The van der Waals surface area contributed by atoms with Crippen molar-refractivity contribution in [2.45, 2.75) is 0 Å². The number of hydrogen-bond donors (Lipinski definition) is 1. The lowest BCUT2D eigenvalue weighted by Crippen LogP contribution is -2.30. The molecule has 2 rings (SSSR count). The van der Waals surface area contributed by atoms with Gasteiger partial charge in [0.15, 0.2) is 0 Å². The molecule has 1 fully saturated rings. The van der Waals surface area contributed by atoms with E-state index >= 15 is 0 Å². The molecule has 0 aromatic heterocycles. The Morgan fingerprint density at radius 2 is 2.13 bits per heavy atom. The largest absolute Gasteiger partial charge is 0.329 e. The first-order valence-electron chi connectivity index (χ1n) is 4.15. The smallest absolute Gasteiger partial charge is 0.328 e. The third-order valence-corrected chi connectivity index (χ3v) is 2.31. The number of halogens is 2. The standard InChI is InChI=1S/C9H6ClFN2O2/c10-6-2-1-5(11)3-7(6)13-8(14)4-12-9(13)15/h1-3H,4H2,(H,12,15). The molecule has 0 radical (unpaired) electrons. The van der Waals surface area contributed by atoms with Crippen LogP contribution in [0.15, 0.2) is 18.2 Å². The molecule has 3 amide bonds. The highest BCUT2D eigenvalue weighted by molar-refractivity contribution is 6.35. The average molecular weight is 229 g/mol. The Balaban J connectivity index is 2.48. The van der Waals surface area contributed by atoms with Gasteiger partial charge < -0.3 is 5.32 Å². The van der Waals surface area contributed by atoms with Gasteiger partial charge in [-0.3, -0.25) is 4.79 Å². The number of amides is 3. The van der Waals surface area contributed by atoms with Crippen LogP contribution in [0.5, 0.6) is 0 Å². The second-order valence-corrected chi connectivity index (χ2v) is 3.39. The molecule has 4 nitrogen and oxygen atoms in total. The molecule has 0 aliphatic carbocycles. The van der Waals surface area contributed by atoms with Crippen molar-refractivity contribution < 1.29 is 14.0 Å². The van der Waals surface area contributed by atoms with Crippen LogP contribution in [0.25, 0.3) is 0 Å². The number of urea groups is 1. The number of benzene rings is 1. The molecule has 78 valence electrons. The van der Waals surface area contributed by atoms with E-state index in [0.717, 1.165) is 17.0 Å². The third kappa shape index (κ3) is 1.66. The molecule has 1 aromatic rings. The zero-order valence-corrected chi connectivity index (χ0v) is 8.21. The quantitative estimate of drug-likeness (QED) is 0.742. The molecule has 6 heteroatoms. The Kier molecular flexibility index (Phi) is 2.32. The molecule has 1 aliphatic rings. The van der Waals surface area contributed by atoms with E-state index < -0.39 is 17.8 Å². The van der Waals surface area contributed by atoms with Gasteiger partial charge in [0, 0.05) is 0 Å². The van der Waals surface area contributed by atoms with Crippen LogP contribution in [0.2, 0.25) is 5.02 Å². The molecule has 1 aliphatic heterocycles. The Morgan fingerprint density at radius 1 is 1.40 bits per heavy atom. The van der Waals surface area contributed by atoms with Crippen LogP contribution in [-0.2, 0) is 4.79 Å². The number of rotatable bonds is 1. The Morgan fingerprint density at radius 3 is 2.73 bits per heavy atom. The molecule has 0 bridgehead atoms. The van der Waals surface area contributed by atoms with Crippen molar-refractivity contribution in [1.82, 2.24) is 5.32 Å². The van der Waals surface area contributed by atoms with Gasteiger partial charge in [0.2, 0.25) is 0 Å². The highest BCUT2D eigenvalue weighted by Crippen LogP contribution is 2.27. The summed E-state index contributed by atoms with van der Waals surface area (Å²) in [6, 6.07) is 2.91. The van der Waals surface area contributed by atoms with E-state index in [1.807, 2.05) is 0 Å². The van der Waals surface area contributed by atoms with Crippen LogP contribution in [0.3, 0.4) is 0 Å². The van der Waals surface area contributed by atoms with Gasteiger partial charge in [-0.05, 0) is 18.2 Å². The monoisotopic (exact) mass is 228 g/mol. The van der Waals surface area contributed by atoms with Gasteiger partial charge in [0.05, 0.1) is 17.3 Å². The summed E-state index contributed by atoms with van der Waals surface area (Å²) in [6.07, 6.45) is 0. The summed E-state index contributed by atoms with van der Waals surface area (Å²) in [5.41, 5.74) is 0.0664. The average Bonchev–Trinajstić information content (AvgIpc) is 2.51. The Labute approximate surface area is 89.6 Å². The number of nitrogens with one attached hydrogen (secondary N) is 1. The molecule has 0 saturated carbocycles. The molecule has 1 aromatic carbocycles. The lowest BCUT2D eigenvalue weighted by atomic mass is 10.3. The van der Waals surface area contributed by atoms with Gasteiger partial charge in [-0.1, -0.05) is 11.6 Å². The molecule has 0 unspecified atom stereocenters. The second kappa shape index (κ2) is 3.51. The van der Waals surface area contributed by atoms with E-state index in [4.69, 9.17) is 11.6 Å². The number of hydrogen-bond acceptors (Lipinski definition) is 2. The van der Waals surface area contributed by atoms with Crippen molar-refractivity contribution in [2.24, 2.45) is 0 Å². The first-order chi connectivity index (χ1) is 7.09. The maximum Gasteiger partial charge on any atom is 0.329 e. The highest BCUT2D eigenvalue weighted by atomic mass is 35.5. The Hall–Kier alpha value is -1.62. The van der Waals surface area contributed by atoms with E-state index in [-0.39, 0.29) is 17.3 Å². The topological polar surface area (TPSA) is 49.4 Å². The summed E-state index contributed by atoms with van der Waals surface area (Å²) in [7, 11) is 0. The maximum absolute atomic E-state index is 12.9. The molecule has 1 N–H and O–H groups in total. The van der Waals surface area contributed by atoms with E-state index in [1.54, 1.807) is 0 Å². The number of nitrogens with zero attached hydrogens (tertiary/aromatic N) is 1. The molecule has 15 heavy (non-hydrogen) atoms. The minimum Gasteiger partial charge on any atom is -0.328 e. The van der Waals surface area contributed by atoms with Crippen LogP contribution in [-0.4, -0.2) is 18.5 Å². The van der Waals surface area contributed by atoms with E-state index in [1.165, 1.54) is 6.07 Å². The predicted molar refractivity (Wildman–Crippen MR) is 52.3 cm³/mol. The summed E-state index contributed by atoms with van der Waals surface area (Å²) < 4.78 is 12.9. The Bertz CT molecular complexity index is 434. The fourth-order valence-corrected chi connectivity index (χ4v) is 1.53. The number of anilines is 1. The van der Waals surface area contributed by atoms with E-state index in [9.17, 15) is 14.0 Å². The summed E-state index contributed by atoms with van der Waals surface area (Å²) in [5, 5.41) is 2.48. The highest BCUT2D eigenvalue weighted by Gasteiger charge is 2.31. The maximum atomic E-state index is 12.9. The number of carbonyl (C=O) groups excluding carboxylic acids is 2. The van der Waals surface area contributed by atoms with Crippen molar-refractivity contribution in [1.29, 1.82) is 0 Å². The zero-order chi connectivity index (χ0) is 11.0. The van der Waals surface area contributed by atoms with Crippen LogP contribution in [0.1, 0.15) is 0 Å². The van der Waals surface area contributed by atoms with E-state index in [2.05, 4.69) is 5.32 Å². The van der Waals surface area contributed by atoms with Crippen molar-refractivity contribution >= 4 is 29.2 Å². The van der Waals surface area contributed by atoms with Crippen molar-refractivity contribution in [3.05, 3.63) is 29.0 Å². The fraction of sp³-hybridized carbons (Fsp3) is 0.111. The minimum atomic E-state index is -0.590. The lowest BCUT2D eigenvalue weighted by Gasteiger charge is -2.13. The van der Waals surface area contributed by atoms with Crippen LogP contribution >= 0.6 is 11.6 Å². The summed E-state index contributed by atoms with van der Waals surface area (Å²) >= 11 is 5.77. The van der Waals surface area contributed by atoms with Crippen LogP contribution in [0.4, 0.5) is 14.9 Å². The number of carbonyl (C=O) groups is 2. The molecular formula is C9H6ClFN2O2. The summed E-state index contributed by atoms with van der Waals surface area (Å²) in [5.74, 6) is -1.01. The van der Waals surface area contributed by atoms with Crippen LogP contribution in [0, 0.1) is 5.82 Å². The second-order valence-electron chi connectivity index (χ2n) is 2.98. The SMILES string of the molecule is O=C1CNC(=O)N1c1cc(F)ccc1Cl. The molecule has 1 heterocycles. The lowest BCUT2D eigenvalue weighted by molar-refractivity contribution is -0.115. The molecule has 0 atom stereocenters. The summed E-state index contributed by atoms with van der Waals surface area (Å²) in [6.45, 7) is -0.0916. The predicted octanol–water partition coefficient (Wildman–Crippen LogP) is 1.54. The summed E-state index contributed by atoms with van der Waals surface area (Å²) in [4.78, 5) is 23.4. The normalized spacial score (nSPS) is 15.7. The van der Waals surface area contributed by atoms with Gasteiger partial charge >= 0.3 is 6.03 Å². The third-order valence-electron chi connectivity index (χ3n) is 1.99. The van der Waals surface area contributed by atoms with Crippen molar-refractivity contribution in [3.63, 3.8) is 0 Å². The molecular weight excluding hydrogens is 223 g/mol. The van der Waals surface area contributed by atoms with Gasteiger partial charge in [-0.15, -0.1) is 0 Å². The van der Waals surface area contributed by atoms with Gasteiger partial charge in [-0.25, -0.2) is 14.1 Å². The molecule has 0 spiro atoms. The van der Waals surface area contributed by atoms with Crippen molar-refractivity contribution in [3.8, 4) is 0 Å². The van der Waals surface area contributed by atoms with Gasteiger partial charge in [0.25, 0.3) is 5.91 Å². The minimum absolute atomic E-state index is 0.0664. The van der Waals surface area contributed by atoms with Gasteiger partial charge in [0.1, 0.15) is 5.82 Å². The molecule has 1 saturated heterocycles. The fourth-order valence-electron chi connectivity index (χ4n) is 1.32. The van der Waals surface area contributed by atoms with E-state index in [0.29, 0.717) is 0 Å². The zero-order valence-electron chi connectivity index (χ0n) is 7.46. The number of imide groups is 1. The van der Waals surface area contributed by atoms with Crippen molar-refractivity contribution in [2.75, 3.05) is 11.4 Å².